The van der Waals surface area contributed by atoms with E-state index in [1.165, 1.54) is 127 Å². The lowest BCUT2D eigenvalue weighted by atomic mass is 9.47. The van der Waals surface area contributed by atoms with E-state index >= 15 is 0 Å². The van der Waals surface area contributed by atoms with Crippen LogP contribution < -0.4 is 54.6 Å². The third-order valence-electron chi connectivity index (χ3n) is 22.5. The Labute approximate surface area is 635 Å². The molecule has 0 aromatic heterocycles. The molecule has 0 fully saturated rings. The first-order valence-electron chi connectivity index (χ1n) is 38.6. The number of hydrogen-bond acceptors (Lipinski definition) is 5. The molecular formula is C98H83B5O5. The second-order valence-corrected chi connectivity index (χ2v) is 27.9. The van der Waals surface area contributed by atoms with Crippen molar-refractivity contribution in [1.82, 2.24) is 0 Å². The predicted octanol–water partition coefficient (Wildman–Crippen LogP) is 15.8. The third-order valence-corrected chi connectivity index (χ3v) is 22.5. The van der Waals surface area contributed by atoms with Gasteiger partial charge >= 0.3 is 34.6 Å². The van der Waals surface area contributed by atoms with Crippen molar-refractivity contribution in [3.05, 3.63) is 338 Å². The van der Waals surface area contributed by atoms with Crippen LogP contribution in [0.2, 0.25) is 0 Å². The third kappa shape index (κ3) is 12.1. The second kappa shape index (κ2) is 30.5. The van der Waals surface area contributed by atoms with Crippen molar-refractivity contribution in [2.24, 2.45) is 0 Å². The molecule has 1 unspecified atom stereocenters. The minimum Gasteiger partial charge on any atom is -0.443 e. The Morgan fingerprint density at radius 2 is 0.630 bits per heavy atom. The second-order valence-electron chi connectivity index (χ2n) is 27.9. The summed E-state index contributed by atoms with van der Waals surface area (Å²) >= 11 is 0. The minimum absolute atomic E-state index is 0.439. The Bertz CT molecular complexity index is 6210. The Kier molecular flexibility index (Phi) is 20.0. The van der Waals surface area contributed by atoms with Gasteiger partial charge in [0.25, 0.3) is 0 Å². The van der Waals surface area contributed by atoms with E-state index in [1.807, 2.05) is 133 Å². The molecule has 6 aliphatic rings. The van der Waals surface area contributed by atoms with E-state index in [-0.39, 0.29) is 0 Å². The van der Waals surface area contributed by atoms with Crippen LogP contribution in [0.1, 0.15) is 77.0 Å². The Morgan fingerprint density at radius 3 is 1.23 bits per heavy atom. The zero-order chi connectivity index (χ0) is 74.3. The highest BCUT2D eigenvalue weighted by Crippen LogP contribution is 2.40. The highest BCUT2D eigenvalue weighted by atomic mass is 16.2. The Hall–Kier alpha value is -11.3. The maximum Gasteiger partial charge on any atom is 0.360 e. The molecule has 5 aliphatic heterocycles. The SMILES string of the molecule is CC.CC.CC.OB1c2c(ccc3ccccc23)-c2cccc3cccc1c23.OB1c2cc3ccccc3cc2-c2cccc3cccc1c23.OB1c2ccc3ccccc3c2-c2cccc3cccc1c23.OB1c2ccccc2-c2cccc3cccc1c23.OB1c2ccccc2C2CCCc3cccc1c32. The molecular weight excluding hydrogens is 1310 g/mol. The number of hydrogen-bond donors (Lipinski definition) is 5. The van der Waals surface area contributed by atoms with Crippen LogP contribution in [0, 0.1) is 0 Å². The molecule has 5 N–H and O–H groups in total. The Morgan fingerprint density at radius 1 is 0.250 bits per heavy atom. The van der Waals surface area contributed by atoms with Crippen molar-refractivity contribution in [3.63, 3.8) is 0 Å². The topological polar surface area (TPSA) is 101 Å². The smallest absolute Gasteiger partial charge is 0.360 e. The van der Waals surface area contributed by atoms with Gasteiger partial charge in [-0.3, -0.25) is 0 Å². The highest BCUT2D eigenvalue weighted by Gasteiger charge is 2.38. The molecule has 17 aromatic rings. The zero-order valence-electron chi connectivity index (χ0n) is 61.9. The summed E-state index contributed by atoms with van der Waals surface area (Å²) in [6.45, 7) is 9.36. The normalized spacial score (nSPS) is 13.4. The highest BCUT2D eigenvalue weighted by molar-refractivity contribution is 6.86. The van der Waals surface area contributed by atoms with Gasteiger partial charge in [0.05, 0.1) is 0 Å². The van der Waals surface area contributed by atoms with E-state index < -0.39 is 34.6 Å². The summed E-state index contributed by atoms with van der Waals surface area (Å²) in [5.74, 6) is 0.504. The van der Waals surface area contributed by atoms with Crippen molar-refractivity contribution in [2.75, 3.05) is 0 Å². The van der Waals surface area contributed by atoms with Crippen LogP contribution in [0.15, 0.2) is 322 Å². The fourth-order valence-electron chi connectivity index (χ4n) is 18.0. The number of aryl methyl sites for hydroxylation is 1. The molecule has 0 bridgehead atoms. The minimum atomic E-state index is -0.570. The summed E-state index contributed by atoms with van der Waals surface area (Å²) in [6, 6.07) is 111. The summed E-state index contributed by atoms with van der Waals surface area (Å²) in [4.78, 5) is 0. The molecule has 5 heterocycles. The van der Waals surface area contributed by atoms with Gasteiger partial charge in [0, 0.05) is 5.92 Å². The molecule has 23 rings (SSSR count). The van der Waals surface area contributed by atoms with Gasteiger partial charge in [0.2, 0.25) is 0 Å². The lowest BCUT2D eigenvalue weighted by Gasteiger charge is -2.35. The van der Waals surface area contributed by atoms with Gasteiger partial charge in [-0.05, 0) is 217 Å². The van der Waals surface area contributed by atoms with Crippen molar-refractivity contribution >= 4 is 165 Å². The predicted molar refractivity (Wildman–Crippen MR) is 468 cm³/mol. The van der Waals surface area contributed by atoms with Gasteiger partial charge in [0.15, 0.2) is 0 Å². The first-order valence-corrected chi connectivity index (χ1v) is 38.6. The summed E-state index contributed by atoms with van der Waals surface area (Å²) in [6.07, 6.45) is 3.63. The van der Waals surface area contributed by atoms with E-state index in [4.69, 9.17) is 0 Å². The van der Waals surface area contributed by atoms with Gasteiger partial charge in [0.1, 0.15) is 0 Å². The average Bonchev–Trinajstić information content (AvgIpc) is 0.746. The van der Waals surface area contributed by atoms with E-state index in [0.29, 0.717) is 5.92 Å². The molecule has 0 saturated heterocycles. The van der Waals surface area contributed by atoms with Crippen LogP contribution in [-0.4, -0.2) is 59.7 Å². The lowest BCUT2D eigenvalue weighted by molar-refractivity contribution is 0.582. The van der Waals surface area contributed by atoms with Gasteiger partial charge in [-0.2, -0.15) is 0 Å². The zero-order valence-corrected chi connectivity index (χ0v) is 61.9. The molecule has 10 heteroatoms. The number of rotatable bonds is 0. The van der Waals surface area contributed by atoms with Crippen LogP contribution in [0.3, 0.4) is 0 Å². The number of benzene rings is 17. The largest absolute Gasteiger partial charge is 0.443 e. The van der Waals surface area contributed by atoms with Crippen molar-refractivity contribution < 1.29 is 25.1 Å². The first-order chi connectivity index (χ1) is 53.2. The molecule has 108 heavy (non-hydrogen) atoms. The molecule has 0 spiro atoms. The van der Waals surface area contributed by atoms with Gasteiger partial charge in [-0.25, -0.2) is 0 Å². The molecule has 0 amide bonds. The maximum atomic E-state index is 11.0. The van der Waals surface area contributed by atoms with E-state index in [1.54, 1.807) is 0 Å². The van der Waals surface area contributed by atoms with Crippen LogP contribution >= 0.6 is 0 Å². The molecule has 5 nitrogen and oxygen atoms in total. The van der Waals surface area contributed by atoms with E-state index in [2.05, 4.69) is 231 Å². The Balaban J connectivity index is 0.000000101. The average molecular weight is 1390 g/mol. The molecule has 520 valence electrons. The summed E-state index contributed by atoms with van der Waals surface area (Å²) in [5, 5.41) is 70.5. The van der Waals surface area contributed by atoms with Crippen LogP contribution in [-0.2, 0) is 6.42 Å². The van der Waals surface area contributed by atoms with Gasteiger partial charge in [-0.1, -0.05) is 357 Å². The number of fused-ring (bicyclic) bond motifs is 15. The van der Waals surface area contributed by atoms with Crippen LogP contribution in [0.4, 0.5) is 0 Å². The van der Waals surface area contributed by atoms with Crippen LogP contribution in [0.25, 0.3) is 120 Å². The molecule has 1 atom stereocenters. The monoisotopic (exact) mass is 1390 g/mol. The molecule has 0 radical (unpaired) electrons. The summed E-state index contributed by atoms with van der Waals surface area (Å²) < 4.78 is 0. The lowest BCUT2D eigenvalue weighted by Crippen LogP contribution is -2.51. The van der Waals surface area contributed by atoms with Gasteiger partial charge in [-0.15, -0.1) is 0 Å². The summed E-state index contributed by atoms with van der Waals surface area (Å²) in [7, 11) is 0. The van der Waals surface area contributed by atoms with Crippen molar-refractivity contribution in [3.8, 4) is 44.5 Å². The molecule has 1 aliphatic carbocycles. The first kappa shape index (κ1) is 71.0. The van der Waals surface area contributed by atoms with E-state index in [9.17, 15) is 25.1 Å². The quantitative estimate of drug-likeness (QED) is 0.0974. The fourth-order valence-corrected chi connectivity index (χ4v) is 18.0. The van der Waals surface area contributed by atoms with E-state index in [0.717, 1.165) is 83.1 Å². The summed E-state index contributed by atoms with van der Waals surface area (Å²) in [5.41, 5.74) is 24.0. The maximum absolute atomic E-state index is 11.0. The fraction of sp³-hybridized carbons (Fsp3) is 0.102. The molecule has 0 saturated carbocycles. The standard InChI is InChI=1S/3C20H13BO.C16H15BO.C16H11BO.3C2H6/c22-21-18-10-4-7-14-6-3-9-16(19(14)18)17-12-11-13-5-1-2-8-15(13)20(17)21;22-21-17-10-4-7-14-6-3-9-16(19(14)17)20-15-8-2-1-5-13(15)11-12-18(20)21;22-21-18-10-4-8-13-7-3-9-16(20(13)18)17-11-14-5-1-2-6-15(14)12-19(17)21;2*18-17-14-9-2-1-7-12(14)13-8-3-5-11-6-4-10-15(17)16(11)13;3*1-2/h3*1-12,22H;1-2,4,6-7,9-10,13,18H,3,5,8H2;1-10,18H;3*1-2H3. The van der Waals surface area contributed by atoms with Gasteiger partial charge < -0.3 is 25.1 Å². The van der Waals surface area contributed by atoms with Crippen LogP contribution in [0.5, 0.6) is 0 Å². The van der Waals surface area contributed by atoms with Crippen molar-refractivity contribution in [1.29, 1.82) is 0 Å². The van der Waals surface area contributed by atoms with Crippen molar-refractivity contribution in [2.45, 2.75) is 66.7 Å². The molecule has 17 aromatic carbocycles.